The largest absolute Gasteiger partial charge is 0.497 e. The molecule has 0 saturated heterocycles. The third-order valence-corrected chi connectivity index (χ3v) is 7.77. The number of hydrogen-bond donors (Lipinski definition) is 0. The Bertz CT molecular complexity index is 1370. The quantitative estimate of drug-likeness (QED) is 0.247. The van der Waals surface area contributed by atoms with E-state index in [1.807, 2.05) is 12.1 Å². The molecular formula is C29H24Br2O2. The second-order valence-corrected chi connectivity index (χ2v) is 10.3. The minimum Gasteiger partial charge on any atom is -0.497 e. The lowest BCUT2D eigenvalue weighted by Gasteiger charge is -2.40. The second-order valence-electron chi connectivity index (χ2n) is 8.56. The molecule has 0 fully saturated rings. The Morgan fingerprint density at radius 3 is 2.33 bits per heavy atom. The molecule has 0 unspecified atom stereocenters. The van der Waals surface area contributed by atoms with Crippen LogP contribution in [-0.2, 0) is 5.60 Å². The van der Waals surface area contributed by atoms with Crippen LogP contribution < -0.4 is 9.47 Å². The van der Waals surface area contributed by atoms with E-state index in [9.17, 15) is 0 Å². The molecule has 4 aromatic rings. The molecule has 0 N–H and O–H groups in total. The van der Waals surface area contributed by atoms with Gasteiger partial charge in [0, 0.05) is 31.0 Å². The standard InChI is InChI=1S/C29H24Br2O2/c1-18(2)22-8-4-5-9-24(22)29(20-12-14-21(32-3)15-13-20)27(31)17-23-26(33-29)16-11-19-7-6-10-25(30)28(19)23/h4-18H,1-3H3/t29-/m1/s1. The topological polar surface area (TPSA) is 18.5 Å². The Morgan fingerprint density at radius 1 is 0.848 bits per heavy atom. The molecule has 0 radical (unpaired) electrons. The van der Waals surface area contributed by atoms with E-state index in [0.29, 0.717) is 5.92 Å². The molecule has 1 heterocycles. The van der Waals surface area contributed by atoms with E-state index >= 15 is 0 Å². The summed E-state index contributed by atoms with van der Waals surface area (Å²) >= 11 is 7.72. The SMILES string of the molecule is COc1ccc([C@]2(c3ccccc3C(C)C)Oc3ccc4cccc(Br)c4c3C=C2Br)cc1. The highest BCUT2D eigenvalue weighted by molar-refractivity contribution is 9.12. The first-order chi connectivity index (χ1) is 16.0. The van der Waals surface area contributed by atoms with Gasteiger partial charge in [0.2, 0.25) is 0 Å². The lowest BCUT2D eigenvalue weighted by Crippen LogP contribution is -2.38. The van der Waals surface area contributed by atoms with Gasteiger partial charge in [-0.15, -0.1) is 0 Å². The van der Waals surface area contributed by atoms with Crippen LogP contribution in [0.2, 0.25) is 0 Å². The number of rotatable bonds is 4. The highest BCUT2D eigenvalue weighted by Gasteiger charge is 2.44. The summed E-state index contributed by atoms with van der Waals surface area (Å²) in [6, 6.07) is 27.2. The van der Waals surface area contributed by atoms with E-state index in [1.165, 1.54) is 10.9 Å². The summed E-state index contributed by atoms with van der Waals surface area (Å²) in [5.74, 6) is 2.01. The van der Waals surface area contributed by atoms with Crippen molar-refractivity contribution >= 4 is 48.7 Å². The maximum Gasteiger partial charge on any atom is 0.191 e. The summed E-state index contributed by atoms with van der Waals surface area (Å²) in [7, 11) is 1.69. The fourth-order valence-electron chi connectivity index (χ4n) is 4.70. The smallest absolute Gasteiger partial charge is 0.191 e. The first-order valence-electron chi connectivity index (χ1n) is 11.0. The summed E-state index contributed by atoms with van der Waals surface area (Å²) in [5.41, 5.74) is 3.68. The molecule has 0 aromatic heterocycles. The van der Waals surface area contributed by atoms with Crippen LogP contribution in [0.1, 0.15) is 42.0 Å². The van der Waals surface area contributed by atoms with E-state index in [0.717, 1.165) is 42.5 Å². The van der Waals surface area contributed by atoms with Crippen molar-refractivity contribution in [2.75, 3.05) is 7.11 Å². The van der Waals surface area contributed by atoms with Gasteiger partial charge in [0.25, 0.3) is 0 Å². The van der Waals surface area contributed by atoms with Crippen molar-refractivity contribution < 1.29 is 9.47 Å². The van der Waals surface area contributed by atoms with Crippen molar-refractivity contribution in [1.82, 2.24) is 0 Å². The summed E-state index contributed by atoms with van der Waals surface area (Å²) < 4.78 is 14.5. The van der Waals surface area contributed by atoms with Gasteiger partial charge in [-0.2, -0.15) is 0 Å². The van der Waals surface area contributed by atoms with Crippen LogP contribution in [0, 0.1) is 0 Å². The third kappa shape index (κ3) is 3.60. The van der Waals surface area contributed by atoms with Crippen molar-refractivity contribution in [3.05, 3.63) is 110 Å². The molecule has 4 heteroatoms. The Labute approximate surface area is 211 Å². The molecule has 33 heavy (non-hydrogen) atoms. The maximum absolute atomic E-state index is 7.05. The molecule has 1 aliphatic rings. The fourth-order valence-corrected chi connectivity index (χ4v) is 6.05. The predicted octanol–water partition coefficient (Wildman–Crippen LogP) is 8.81. The first kappa shape index (κ1) is 22.2. The minimum absolute atomic E-state index is 0.340. The Morgan fingerprint density at radius 2 is 1.61 bits per heavy atom. The summed E-state index contributed by atoms with van der Waals surface area (Å²) in [6.45, 7) is 4.44. The van der Waals surface area contributed by atoms with Crippen molar-refractivity contribution in [3.8, 4) is 11.5 Å². The van der Waals surface area contributed by atoms with Gasteiger partial charge < -0.3 is 9.47 Å². The van der Waals surface area contributed by atoms with E-state index in [2.05, 4.69) is 119 Å². The van der Waals surface area contributed by atoms with Crippen molar-refractivity contribution in [3.63, 3.8) is 0 Å². The summed E-state index contributed by atoms with van der Waals surface area (Å²) in [4.78, 5) is 0. The average Bonchev–Trinajstić information content (AvgIpc) is 2.83. The van der Waals surface area contributed by atoms with Crippen LogP contribution in [0.15, 0.2) is 87.8 Å². The molecule has 4 aromatic carbocycles. The van der Waals surface area contributed by atoms with Gasteiger partial charge >= 0.3 is 0 Å². The zero-order chi connectivity index (χ0) is 23.2. The Kier molecular flexibility index (Phi) is 5.84. The lowest BCUT2D eigenvalue weighted by atomic mass is 9.79. The predicted molar refractivity (Wildman–Crippen MR) is 143 cm³/mol. The lowest BCUT2D eigenvalue weighted by molar-refractivity contribution is 0.156. The molecule has 1 aliphatic heterocycles. The zero-order valence-electron chi connectivity index (χ0n) is 18.7. The molecule has 0 saturated carbocycles. The first-order valence-corrected chi connectivity index (χ1v) is 12.6. The van der Waals surface area contributed by atoms with Crippen LogP contribution in [0.3, 0.4) is 0 Å². The minimum atomic E-state index is -0.810. The number of halogens is 2. The molecule has 0 bridgehead atoms. The molecule has 0 spiro atoms. The number of hydrogen-bond acceptors (Lipinski definition) is 2. The van der Waals surface area contributed by atoms with Crippen molar-refractivity contribution in [2.45, 2.75) is 25.4 Å². The van der Waals surface area contributed by atoms with Crippen LogP contribution in [0.25, 0.3) is 16.8 Å². The zero-order valence-corrected chi connectivity index (χ0v) is 21.9. The molecule has 2 nitrogen and oxygen atoms in total. The van der Waals surface area contributed by atoms with Crippen LogP contribution >= 0.6 is 31.9 Å². The Balaban J connectivity index is 1.82. The summed E-state index contributed by atoms with van der Waals surface area (Å²) in [5, 5.41) is 2.32. The van der Waals surface area contributed by atoms with E-state index < -0.39 is 5.60 Å². The molecule has 0 aliphatic carbocycles. The van der Waals surface area contributed by atoms with Crippen LogP contribution in [0.4, 0.5) is 0 Å². The number of ether oxygens (including phenoxy) is 2. The average molecular weight is 564 g/mol. The number of benzene rings is 4. The summed E-state index contributed by atoms with van der Waals surface area (Å²) in [6.07, 6.45) is 2.22. The number of methoxy groups -OCH3 is 1. The molecule has 166 valence electrons. The highest BCUT2D eigenvalue weighted by Crippen LogP contribution is 2.52. The van der Waals surface area contributed by atoms with Gasteiger partial charge in [-0.1, -0.05) is 100 Å². The van der Waals surface area contributed by atoms with E-state index in [-0.39, 0.29) is 0 Å². The van der Waals surface area contributed by atoms with E-state index in [4.69, 9.17) is 9.47 Å². The molecular weight excluding hydrogens is 540 g/mol. The monoisotopic (exact) mass is 562 g/mol. The van der Waals surface area contributed by atoms with Gasteiger partial charge in [-0.05, 0) is 47.2 Å². The fraction of sp³-hybridized carbons (Fsp3) is 0.172. The van der Waals surface area contributed by atoms with Gasteiger partial charge in [0.05, 0.1) is 7.11 Å². The van der Waals surface area contributed by atoms with Crippen LogP contribution in [0.5, 0.6) is 11.5 Å². The maximum atomic E-state index is 7.05. The van der Waals surface area contributed by atoms with Gasteiger partial charge in [-0.3, -0.25) is 0 Å². The van der Waals surface area contributed by atoms with Crippen molar-refractivity contribution in [2.24, 2.45) is 0 Å². The van der Waals surface area contributed by atoms with Crippen LogP contribution in [-0.4, -0.2) is 7.11 Å². The second kappa shape index (κ2) is 8.66. The van der Waals surface area contributed by atoms with E-state index in [1.54, 1.807) is 7.11 Å². The highest BCUT2D eigenvalue weighted by atomic mass is 79.9. The third-order valence-electron chi connectivity index (χ3n) is 6.32. The Hall–Kier alpha value is -2.56. The molecule has 5 rings (SSSR count). The van der Waals surface area contributed by atoms with Crippen molar-refractivity contribution in [1.29, 1.82) is 0 Å². The van der Waals surface area contributed by atoms with Gasteiger partial charge in [0.15, 0.2) is 5.60 Å². The normalized spacial score (nSPS) is 17.5. The van der Waals surface area contributed by atoms with Gasteiger partial charge in [-0.25, -0.2) is 0 Å². The molecule has 1 atom stereocenters. The number of fused-ring (bicyclic) bond motifs is 3. The van der Waals surface area contributed by atoms with Gasteiger partial charge in [0.1, 0.15) is 11.5 Å². The molecule has 0 amide bonds.